The molecule has 0 fully saturated rings. The van der Waals surface area contributed by atoms with Crippen molar-refractivity contribution >= 4 is 21.6 Å². The molecule has 0 aliphatic rings. The van der Waals surface area contributed by atoms with Crippen LogP contribution in [0.5, 0.6) is 0 Å². The predicted octanol–water partition coefficient (Wildman–Crippen LogP) is 2.73. The van der Waals surface area contributed by atoms with E-state index in [-0.39, 0.29) is 0 Å². The summed E-state index contributed by atoms with van der Waals surface area (Å²) in [4.78, 5) is 2.16. The molecule has 0 aromatic heterocycles. The van der Waals surface area contributed by atoms with Crippen LogP contribution in [-0.2, 0) is 0 Å². The summed E-state index contributed by atoms with van der Waals surface area (Å²) in [6.07, 6.45) is 0. The van der Waals surface area contributed by atoms with Gasteiger partial charge in [0.1, 0.15) is 0 Å². The Balaban J connectivity index is 2.53. The van der Waals surface area contributed by atoms with Crippen molar-refractivity contribution in [1.82, 2.24) is 4.90 Å². The van der Waals surface area contributed by atoms with E-state index in [0.717, 1.165) is 17.6 Å². The topological polar surface area (TPSA) is 15.3 Å². The minimum atomic E-state index is 0.967. The highest BCUT2D eigenvalue weighted by Gasteiger charge is 1.98. The van der Waals surface area contributed by atoms with Crippen LogP contribution in [0.2, 0.25) is 0 Å². The highest BCUT2D eigenvalue weighted by atomic mass is 79.9. The molecule has 0 saturated heterocycles. The Kier molecular flexibility index (Phi) is 4.42. The molecule has 1 rings (SSSR count). The van der Waals surface area contributed by atoms with E-state index in [2.05, 4.69) is 65.4 Å². The lowest BCUT2D eigenvalue weighted by molar-refractivity contribution is 0.425. The van der Waals surface area contributed by atoms with Gasteiger partial charge in [-0.1, -0.05) is 6.07 Å². The number of aryl methyl sites for hydroxylation is 1. The van der Waals surface area contributed by atoms with Gasteiger partial charge in [-0.15, -0.1) is 0 Å². The average molecular weight is 257 g/mol. The van der Waals surface area contributed by atoms with Crippen molar-refractivity contribution in [3.05, 3.63) is 28.2 Å². The van der Waals surface area contributed by atoms with Gasteiger partial charge in [-0.2, -0.15) is 0 Å². The fourth-order valence-corrected chi connectivity index (χ4v) is 1.58. The van der Waals surface area contributed by atoms with E-state index in [1.165, 1.54) is 11.3 Å². The second kappa shape index (κ2) is 5.37. The Morgan fingerprint density at radius 1 is 1.36 bits per heavy atom. The standard InChI is InChI=1S/C11H17BrN2/c1-9-4-5-10(12)11(8-9)13-6-7-14(2)3/h4-5,8,13H,6-7H2,1-3H3. The molecular formula is C11H17BrN2. The van der Waals surface area contributed by atoms with E-state index in [9.17, 15) is 0 Å². The van der Waals surface area contributed by atoms with Crippen LogP contribution >= 0.6 is 15.9 Å². The number of hydrogen-bond acceptors (Lipinski definition) is 2. The van der Waals surface area contributed by atoms with E-state index < -0.39 is 0 Å². The molecule has 0 unspecified atom stereocenters. The van der Waals surface area contributed by atoms with E-state index in [4.69, 9.17) is 0 Å². The van der Waals surface area contributed by atoms with Crippen LogP contribution in [0, 0.1) is 6.92 Å². The van der Waals surface area contributed by atoms with Crippen molar-refractivity contribution in [3.63, 3.8) is 0 Å². The number of anilines is 1. The second-order valence-corrected chi connectivity index (χ2v) is 4.57. The van der Waals surface area contributed by atoms with Crippen molar-refractivity contribution in [2.45, 2.75) is 6.92 Å². The molecule has 78 valence electrons. The summed E-state index contributed by atoms with van der Waals surface area (Å²) < 4.78 is 1.13. The van der Waals surface area contributed by atoms with E-state index in [1.54, 1.807) is 0 Å². The Morgan fingerprint density at radius 2 is 2.07 bits per heavy atom. The van der Waals surface area contributed by atoms with Crippen molar-refractivity contribution in [3.8, 4) is 0 Å². The summed E-state index contributed by atoms with van der Waals surface area (Å²) in [5, 5.41) is 3.40. The van der Waals surface area contributed by atoms with Crippen molar-refractivity contribution < 1.29 is 0 Å². The van der Waals surface area contributed by atoms with Gasteiger partial charge in [-0.25, -0.2) is 0 Å². The van der Waals surface area contributed by atoms with Crippen molar-refractivity contribution in [2.24, 2.45) is 0 Å². The van der Waals surface area contributed by atoms with Crippen molar-refractivity contribution in [1.29, 1.82) is 0 Å². The quantitative estimate of drug-likeness (QED) is 0.892. The second-order valence-electron chi connectivity index (χ2n) is 3.71. The first-order chi connectivity index (χ1) is 6.59. The smallest absolute Gasteiger partial charge is 0.0487 e. The molecule has 3 heteroatoms. The van der Waals surface area contributed by atoms with Gasteiger partial charge < -0.3 is 10.2 Å². The van der Waals surface area contributed by atoms with E-state index in [0.29, 0.717) is 0 Å². The predicted molar refractivity (Wildman–Crippen MR) is 65.9 cm³/mol. The highest BCUT2D eigenvalue weighted by Crippen LogP contribution is 2.22. The third-order valence-corrected chi connectivity index (χ3v) is 2.69. The van der Waals surface area contributed by atoms with Gasteiger partial charge in [0.25, 0.3) is 0 Å². The van der Waals surface area contributed by atoms with Gasteiger partial charge in [-0.05, 0) is 54.6 Å². The van der Waals surface area contributed by atoms with Crippen LogP contribution in [-0.4, -0.2) is 32.1 Å². The Labute approximate surface area is 94.4 Å². The fourth-order valence-electron chi connectivity index (χ4n) is 1.19. The largest absolute Gasteiger partial charge is 0.383 e. The zero-order valence-corrected chi connectivity index (χ0v) is 10.6. The number of likely N-dealkylation sites (N-methyl/N-ethyl adjacent to an activating group) is 1. The lowest BCUT2D eigenvalue weighted by Crippen LogP contribution is -2.20. The number of nitrogens with zero attached hydrogens (tertiary/aromatic N) is 1. The zero-order valence-electron chi connectivity index (χ0n) is 8.97. The molecule has 0 radical (unpaired) electrons. The monoisotopic (exact) mass is 256 g/mol. The number of benzene rings is 1. The molecule has 0 saturated carbocycles. The molecule has 1 aromatic rings. The minimum Gasteiger partial charge on any atom is -0.383 e. The Morgan fingerprint density at radius 3 is 2.71 bits per heavy atom. The maximum atomic E-state index is 3.52. The summed E-state index contributed by atoms with van der Waals surface area (Å²) >= 11 is 3.52. The summed E-state index contributed by atoms with van der Waals surface area (Å²) in [5.41, 5.74) is 2.45. The highest BCUT2D eigenvalue weighted by molar-refractivity contribution is 9.10. The third-order valence-electron chi connectivity index (χ3n) is 2.00. The van der Waals surface area contributed by atoms with Gasteiger partial charge in [-0.3, -0.25) is 0 Å². The third kappa shape index (κ3) is 3.68. The van der Waals surface area contributed by atoms with Crippen LogP contribution in [0.25, 0.3) is 0 Å². The Hall–Kier alpha value is -0.540. The lowest BCUT2D eigenvalue weighted by Gasteiger charge is -2.12. The maximum absolute atomic E-state index is 3.52. The molecule has 1 N–H and O–H groups in total. The van der Waals surface area contributed by atoms with Gasteiger partial charge in [0.15, 0.2) is 0 Å². The van der Waals surface area contributed by atoms with Crippen molar-refractivity contribution in [2.75, 3.05) is 32.5 Å². The number of halogens is 1. The molecule has 0 atom stereocenters. The van der Waals surface area contributed by atoms with Crippen LogP contribution in [0.4, 0.5) is 5.69 Å². The number of nitrogens with one attached hydrogen (secondary N) is 1. The number of rotatable bonds is 4. The normalized spacial score (nSPS) is 10.6. The SMILES string of the molecule is Cc1ccc(Br)c(NCCN(C)C)c1. The molecular weight excluding hydrogens is 240 g/mol. The van der Waals surface area contributed by atoms with Crippen LogP contribution < -0.4 is 5.32 Å². The molecule has 0 heterocycles. The first kappa shape index (κ1) is 11.5. The molecule has 1 aromatic carbocycles. The first-order valence-electron chi connectivity index (χ1n) is 4.74. The maximum Gasteiger partial charge on any atom is 0.0487 e. The fraction of sp³-hybridized carbons (Fsp3) is 0.455. The van der Waals surface area contributed by atoms with Gasteiger partial charge in [0.2, 0.25) is 0 Å². The van der Waals surface area contributed by atoms with Gasteiger partial charge >= 0.3 is 0 Å². The van der Waals surface area contributed by atoms with E-state index in [1.807, 2.05) is 0 Å². The van der Waals surface area contributed by atoms with Gasteiger partial charge in [0.05, 0.1) is 0 Å². The van der Waals surface area contributed by atoms with Crippen LogP contribution in [0.1, 0.15) is 5.56 Å². The first-order valence-corrected chi connectivity index (χ1v) is 5.53. The van der Waals surface area contributed by atoms with Crippen LogP contribution in [0.3, 0.4) is 0 Å². The van der Waals surface area contributed by atoms with E-state index >= 15 is 0 Å². The summed E-state index contributed by atoms with van der Waals surface area (Å²) in [7, 11) is 4.15. The molecule has 0 spiro atoms. The molecule has 0 amide bonds. The lowest BCUT2D eigenvalue weighted by atomic mass is 10.2. The number of hydrogen-bond donors (Lipinski definition) is 1. The van der Waals surface area contributed by atoms with Crippen LogP contribution in [0.15, 0.2) is 22.7 Å². The minimum absolute atomic E-state index is 0.967. The summed E-state index contributed by atoms with van der Waals surface area (Å²) in [6.45, 7) is 4.11. The zero-order chi connectivity index (χ0) is 10.6. The molecule has 2 nitrogen and oxygen atoms in total. The summed E-state index contributed by atoms with van der Waals surface area (Å²) in [6, 6.07) is 6.33. The molecule has 0 bridgehead atoms. The molecule has 0 aliphatic heterocycles. The summed E-state index contributed by atoms with van der Waals surface area (Å²) in [5.74, 6) is 0. The Bertz CT molecular complexity index is 297. The molecule has 14 heavy (non-hydrogen) atoms. The van der Waals surface area contributed by atoms with Gasteiger partial charge in [0, 0.05) is 23.2 Å². The molecule has 0 aliphatic carbocycles. The average Bonchev–Trinajstić information content (AvgIpc) is 2.10.